The predicted octanol–water partition coefficient (Wildman–Crippen LogP) is 1.60. The van der Waals surface area contributed by atoms with E-state index in [1.165, 1.54) is 0 Å². The highest BCUT2D eigenvalue weighted by molar-refractivity contribution is 8.00. The van der Waals surface area contributed by atoms with Gasteiger partial charge >= 0.3 is 0 Å². The number of rotatable bonds is 4. The van der Waals surface area contributed by atoms with Crippen molar-refractivity contribution >= 4 is 39.0 Å². The molecule has 1 fully saturated rings. The maximum Gasteiger partial charge on any atom is 0.223 e. The molecule has 1 aliphatic rings. The van der Waals surface area contributed by atoms with Gasteiger partial charge in [0.05, 0.1) is 4.99 Å². The molecule has 4 nitrogen and oxygen atoms in total. The Kier molecular flexibility index (Phi) is 5.46. The lowest BCUT2D eigenvalue weighted by Gasteiger charge is -2.25. The fraction of sp³-hybridized carbons (Fsp3) is 0.909. The summed E-state index contributed by atoms with van der Waals surface area (Å²) < 4.78 is 26.6. The van der Waals surface area contributed by atoms with Crippen LogP contribution in [0.25, 0.3) is 0 Å². The van der Waals surface area contributed by atoms with Crippen LogP contribution in [0.1, 0.15) is 33.6 Å². The number of hydrogen-bond donors (Lipinski definition) is 1. The van der Waals surface area contributed by atoms with Crippen molar-refractivity contribution in [3.63, 3.8) is 0 Å². The average molecular weight is 311 g/mol. The van der Waals surface area contributed by atoms with Crippen molar-refractivity contribution in [3.05, 3.63) is 0 Å². The van der Waals surface area contributed by atoms with E-state index in [9.17, 15) is 8.42 Å². The van der Waals surface area contributed by atoms with E-state index in [2.05, 4.69) is 13.8 Å². The maximum atomic E-state index is 12.5. The smallest absolute Gasteiger partial charge is 0.223 e. The van der Waals surface area contributed by atoms with Gasteiger partial charge in [0.1, 0.15) is 5.25 Å². The summed E-state index contributed by atoms with van der Waals surface area (Å²) in [7, 11) is -3.39. The van der Waals surface area contributed by atoms with Crippen LogP contribution in [0.5, 0.6) is 0 Å². The minimum Gasteiger partial charge on any atom is -0.392 e. The molecule has 1 saturated heterocycles. The molecular weight excluding hydrogens is 288 g/mol. The van der Waals surface area contributed by atoms with Crippen molar-refractivity contribution in [2.24, 2.45) is 5.73 Å². The second-order valence-corrected chi connectivity index (χ2v) is 9.49. The maximum absolute atomic E-state index is 12.5. The molecule has 0 aromatic rings. The molecule has 0 aromatic heterocycles. The molecular formula is C11H22N2O2S3. The number of sulfonamides is 1. The standard InChI is InChI=1S/C11H22N2O2S3/c1-4-9(10(12)16)18(14,15)13-6-5-11(2,3)17-8-7-13/h9H,4-8H2,1-3H3,(H2,12,16). The first-order valence-corrected chi connectivity index (χ1v) is 9.02. The lowest BCUT2D eigenvalue weighted by atomic mass is 10.1. The third-order valence-electron chi connectivity index (χ3n) is 3.20. The summed E-state index contributed by atoms with van der Waals surface area (Å²) in [5, 5.41) is -0.723. The zero-order valence-corrected chi connectivity index (χ0v) is 13.6. The van der Waals surface area contributed by atoms with Gasteiger partial charge < -0.3 is 5.73 Å². The van der Waals surface area contributed by atoms with E-state index < -0.39 is 15.3 Å². The fourth-order valence-corrected chi connectivity index (χ4v) is 5.51. The third kappa shape index (κ3) is 3.82. The van der Waals surface area contributed by atoms with Crippen molar-refractivity contribution < 1.29 is 8.42 Å². The molecule has 0 aliphatic carbocycles. The van der Waals surface area contributed by atoms with Crippen LogP contribution in [0.15, 0.2) is 0 Å². The first kappa shape index (κ1) is 16.2. The van der Waals surface area contributed by atoms with Crippen LogP contribution in [0, 0.1) is 0 Å². The number of nitrogens with zero attached hydrogens (tertiary/aromatic N) is 1. The van der Waals surface area contributed by atoms with Crippen molar-refractivity contribution in [2.75, 3.05) is 18.8 Å². The van der Waals surface area contributed by atoms with Crippen LogP contribution < -0.4 is 5.73 Å². The molecule has 0 bridgehead atoms. The molecule has 0 aromatic carbocycles. The summed E-state index contributed by atoms with van der Waals surface area (Å²) in [4.78, 5) is 0.0775. The molecule has 0 amide bonds. The Morgan fingerprint density at radius 3 is 2.61 bits per heavy atom. The minimum atomic E-state index is -3.39. The SMILES string of the molecule is CCC(C(N)=S)S(=O)(=O)N1CCSC(C)(C)CC1. The Hall–Kier alpha value is 0.150. The average Bonchev–Trinajstić information content (AvgIpc) is 2.39. The van der Waals surface area contributed by atoms with Crippen LogP contribution in [0.2, 0.25) is 0 Å². The molecule has 1 atom stereocenters. The first-order chi connectivity index (χ1) is 8.20. The Bertz CT molecular complexity index is 407. The van der Waals surface area contributed by atoms with E-state index in [1.807, 2.05) is 11.8 Å². The Labute approximate surface area is 120 Å². The van der Waals surface area contributed by atoms with E-state index in [1.54, 1.807) is 11.2 Å². The van der Waals surface area contributed by atoms with Crippen LogP contribution >= 0.6 is 24.0 Å². The quantitative estimate of drug-likeness (QED) is 0.799. The molecule has 18 heavy (non-hydrogen) atoms. The molecule has 1 aliphatic heterocycles. The summed E-state index contributed by atoms with van der Waals surface area (Å²) in [6.07, 6.45) is 1.29. The molecule has 0 spiro atoms. The second kappa shape index (κ2) is 6.07. The van der Waals surface area contributed by atoms with E-state index >= 15 is 0 Å². The zero-order valence-electron chi connectivity index (χ0n) is 11.2. The number of thioether (sulfide) groups is 1. The molecule has 7 heteroatoms. The highest BCUT2D eigenvalue weighted by atomic mass is 32.2. The van der Waals surface area contributed by atoms with Crippen LogP contribution in [-0.2, 0) is 10.0 Å². The second-order valence-electron chi connectivity index (χ2n) is 5.10. The van der Waals surface area contributed by atoms with Gasteiger partial charge in [0.2, 0.25) is 10.0 Å². The van der Waals surface area contributed by atoms with E-state index in [4.69, 9.17) is 18.0 Å². The van der Waals surface area contributed by atoms with Crippen molar-refractivity contribution in [1.82, 2.24) is 4.31 Å². The largest absolute Gasteiger partial charge is 0.392 e. The topological polar surface area (TPSA) is 63.4 Å². The van der Waals surface area contributed by atoms with E-state index in [-0.39, 0.29) is 9.74 Å². The van der Waals surface area contributed by atoms with Gasteiger partial charge in [0.25, 0.3) is 0 Å². The van der Waals surface area contributed by atoms with Gasteiger partial charge in [-0.25, -0.2) is 12.7 Å². The number of hydrogen-bond acceptors (Lipinski definition) is 4. The van der Waals surface area contributed by atoms with Gasteiger partial charge in [-0.3, -0.25) is 0 Å². The summed E-state index contributed by atoms with van der Waals surface area (Å²) in [6.45, 7) is 7.21. The van der Waals surface area contributed by atoms with Crippen LogP contribution in [0.3, 0.4) is 0 Å². The lowest BCUT2D eigenvalue weighted by molar-refractivity contribution is 0.412. The van der Waals surface area contributed by atoms with Gasteiger partial charge in [-0.05, 0) is 12.8 Å². The van der Waals surface area contributed by atoms with Crippen molar-refractivity contribution in [1.29, 1.82) is 0 Å². The Morgan fingerprint density at radius 2 is 2.11 bits per heavy atom. The minimum absolute atomic E-state index is 0.0775. The predicted molar refractivity (Wildman–Crippen MR) is 82.5 cm³/mol. The summed E-state index contributed by atoms with van der Waals surface area (Å²) in [5.41, 5.74) is 5.55. The number of thiocarbonyl (C=S) groups is 1. The molecule has 1 heterocycles. The molecule has 0 radical (unpaired) electrons. The molecule has 1 rings (SSSR count). The number of nitrogens with two attached hydrogens (primary N) is 1. The third-order valence-corrected chi connectivity index (χ3v) is 7.40. The molecule has 2 N–H and O–H groups in total. The van der Waals surface area contributed by atoms with Gasteiger partial charge in [-0.2, -0.15) is 11.8 Å². The monoisotopic (exact) mass is 310 g/mol. The normalized spacial score (nSPS) is 23.3. The Balaban J connectivity index is 2.89. The Morgan fingerprint density at radius 1 is 1.50 bits per heavy atom. The van der Waals surface area contributed by atoms with Crippen LogP contribution in [0.4, 0.5) is 0 Å². The first-order valence-electron chi connectivity index (χ1n) is 6.13. The van der Waals surface area contributed by atoms with Gasteiger partial charge in [-0.1, -0.05) is 33.0 Å². The van der Waals surface area contributed by atoms with Gasteiger partial charge in [-0.15, -0.1) is 0 Å². The van der Waals surface area contributed by atoms with Crippen molar-refractivity contribution in [3.8, 4) is 0 Å². The highest BCUT2D eigenvalue weighted by Gasteiger charge is 2.35. The van der Waals surface area contributed by atoms with Crippen LogP contribution in [-0.4, -0.2) is 46.6 Å². The summed E-state index contributed by atoms with van der Waals surface area (Å²) in [5.74, 6) is 0.819. The molecule has 1 unspecified atom stereocenters. The molecule has 106 valence electrons. The van der Waals surface area contributed by atoms with Crippen molar-refractivity contribution in [2.45, 2.75) is 43.6 Å². The zero-order chi connectivity index (χ0) is 14.0. The fourth-order valence-electron chi connectivity index (χ4n) is 1.99. The van der Waals surface area contributed by atoms with Gasteiger partial charge in [0, 0.05) is 23.6 Å². The highest BCUT2D eigenvalue weighted by Crippen LogP contribution is 2.32. The van der Waals surface area contributed by atoms with E-state index in [0.29, 0.717) is 19.5 Å². The summed E-state index contributed by atoms with van der Waals surface area (Å²) in [6, 6.07) is 0. The van der Waals surface area contributed by atoms with E-state index in [0.717, 1.165) is 12.2 Å². The lowest BCUT2D eigenvalue weighted by Crippen LogP contribution is -2.45. The van der Waals surface area contributed by atoms with Gasteiger partial charge in [0.15, 0.2) is 0 Å². The molecule has 0 saturated carbocycles. The summed E-state index contributed by atoms with van der Waals surface area (Å²) >= 11 is 6.70.